The Kier molecular flexibility index (Phi) is 8.27. The van der Waals surface area contributed by atoms with Crippen molar-refractivity contribution in [1.29, 1.82) is 0 Å². The smallest absolute Gasteiger partial charge is 0.243 e. The fraction of sp³-hybridized carbons (Fsp3) is 0.650. The quantitative estimate of drug-likeness (QED) is 0.629. The van der Waals surface area contributed by atoms with E-state index in [-0.39, 0.29) is 29.4 Å². The number of carbonyl (C=O) groups is 1. The van der Waals surface area contributed by atoms with Gasteiger partial charge in [0.05, 0.1) is 24.0 Å². The Hall–Kier alpha value is -1.64. The maximum Gasteiger partial charge on any atom is 0.243 e. The first-order valence-corrected chi connectivity index (χ1v) is 11.2. The molecule has 0 radical (unpaired) electrons. The second-order valence-electron chi connectivity index (χ2n) is 7.40. The largest absolute Gasteiger partial charge is 0.496 e. The molecular formula is C20H32N2O5S. The second-order valence-corrected chi connectivity index (χ2v) is 9.34. The van der Waals surface area contributed by atoms with E-state index < -0.39 is 10.0 Å². The van der Waals surface area contributed by atoms with Gasteiger partial charge in [-0.25, -0.2) is 8.42 Å². The highest BCUT2D eigenvalue weighted by molar-refractivity contribution is 7.89. The van der Waals surface area contributed by atoms with Gasteiger partial charge in [0.15, 0.2) is 0 Å². The molecule has 1 heterocycles. The van der Waals surface area contributed by atoms with Crippen molar-refractivity contribution in [2.75, 3.05) is 33.4 Å². The summed E-state index contributed by atoms with van der Waals surface area (Å²) in [7, 11) is -2.08. The van der Waals surface area contributed by atoms with Crippen LogP contribution in [0.5, 0.6) is 5.75 Å². The predicted octanol–water partition coefficient (Wildman–Crippen LogP) is 2.34. The molecule has 0 aliphatic carbocycles. The third-order valence-electron chi connectivity index (χ3n) is 4.83. The minimum absolute atomic E-state index is 0.0876. The minimum atomic E-state index is -3.64. The standard InChI is InChI=1S/C20H32N2O5S/c1-15(2)27-12-6-10-21-20(23)17-7-5-11-22(14-17)28(24,25)18-8-9-19(26-4)16(3)13-18/h8-9,13,15,17H,5-7,10-12,14H2,1-4H3,(H,21,23). The topological polar surface area (TPSA) is 84.9 Å². The molecule has 0 bridgehead atoms. The van der Waals surface area contributed by atoms with Crippen LogP contribution in [0.25, 0.3) is 0 Å². The van der Waals surface area contributed by atoms with Gasteiger partial charge < -0.3 is 14.8 Å². The van der Waals surface area contributed by atoms with Crippen LogP contribution in [0.4, 0.5) is 0 Å². The van der Waals surface area contributed by atoms with Crippen molar-refractivity contribution >= 4 is 15.9 Å². The maximum atomic E-state index is 13.0. The van der Waals surface area contributed by atoms with Gasteiger partial charge in [0.25, 0.3) is 0 Å². The number of benzene rings is 1. The van der Waals surface area contributed by atoms with Gasteiger partial charge in [0.2, 0.25) is 15.9 Å². The van der Waals surface area contributed by atoms with E-state index in [4.69, 9.17) is 9.47 Å². The molecule has 1 aromatic rings. The highest BCUT2D eigenvalue weighted by Gasteiger charge is 2.33. The van der Waals surface area contributed by atoms with Gasteiger partial charge in [0.1, 0.15) is 5.75 Å². The van der Waals surface area contributed by atoms with Crippen molar-refractivity contribution in [2.24, 2.45) is 5.92 Å². The molecule has 8 heteroatoms. The van der Waals surface area contributed by atoms with Gasteiger partial charge in [-0.05, 0) is 63.8 Å². The lowest BCUT2D eigenvalue weighted by Gasteiger charge is -2.31. The average Bonchev–Trinajstić information content (AvgIpc) is 2.67. The molecule has 1 aliphatic heterocycles. The van der Waals surface area contributed by atoms with Crippen LogP contribution in [-0.4, -0.2) is 58.1 Å². The van der Waals surface area contributed by atoms with Crippen LogP contribution in [0.3, 0.4) is 0 Å². The highest BCUT2D eigenvalue weighted by atomic mass is 32.2. The number of piperidine rings is 1. The van der Waals surface area contributed by atoms with Crippen LogP contribution in [0.1, 0.15) is 38.7 Å². The van der Waals surface area contributed by atoms with Crippen molar-refractivity contribution in [2.45, 2.75) is 51.0 Å². The Morgan fingerprint density at radius 2 is 2.11 bits per heavy atom. The molecule has 1 aromatic carbocycles. The van der Waals surface area contributed by atoms with Crippen LogP contribution in [0, 0.1) is 12.8 Å². The lowest BCUT2D eigenvalue weighted by Crippen LogP contribution is -2.45. The third-order valence-corrected chi connectivity index (χ3v) is 6.69. The van der Waals surface area contributed by atoms with Crippen molar-refractivity contribution in [3.05, 3.63) is 23.8 Å². The number of rotatable bonds is 9. The number of hydrogen-bond acceptors (Lipinski definition) is 5. The zero-order chi connectivity index (χ0) is 20.7. The molecule has 0 spiro atoms. The fourth-order valence-corrected chi connectivity index (χ4v) is 4.89. The summed E-state index contributed by atoms with van der Waals surface area (Å²) >= 11 is 0. The van der Waals surface area contributed by atoms with E-state index in [0.29, 0.717) is 38.3 Å². The van der Waals surface area contributed by atoms with Crippen LogP contribution >= 0.6 is 0 Å². The van der Waals surface area contributed by atoms with E-state index in [1.807, 2.05) is 20.8 Å². The summed E-state index contributed by atoms with van der Waals surface area (Å²) in [5.41, 5.74) is 0.762. The summed E-state index contributed by atoms with van der Waals surface area (Å²) in [6.07, 6.45) is 2.28. The van der Waals surface area contributed by atoms with E-state index in [1.165, 1.54) is 4.31 Å². The fourth-order valence-electron chi connectivity index (χ4n) is 3.28. The normalized spacial score (nSPS) is 18.2. The summed E-state index contributed by atoms with van der Waals surface area (Å²) in [6.45, 7) is 7.53. The molecular weight excluding hydrogens is 380 g/mol. The summed E-state index contributed by atoms with van der Waals surface area (Å²) < 4.78 is 38.1. The molecule has 28 heavy (non-hydrogen) atoms. The number of carbonyl (C=O) groups excluding carboxylic acids is 1. The van der Waals surface area contributed by atoms with Gasteiger partial charge in [0, 0.05) is 26.2 Å². The second kappa shape index (κ2) is 10.2. The SMILES string of the molecule is COc1ccc(S(=O)(=O)N2CCCC(C(=O)NCCCOC(C)C)C2)cc1C. The van der Waals surface area contributed by atoms with Crippen molar-refractivity contribution < 1.29 is 22.7 Å². The van der Waals surface area contributed by atoms with E-state index in [1.54, 1.807) is 25.3 Å². The van der Waals surface area contributed by atoms with E-state index in [0.717, 1.165) is 12.0 Å². The number of sulfonamides is 1. The Morgan fingerprint density at radius 1 is 1.36 bits per heavy atom. The van der Waals surface area contributed by atoms with E-state index in [2.05, 4.69) is 5.32 Å². The number of aryl methyl sites for hydroxylation is 1. The summed E-state index contributed by atoms with van der Waals surface area (Å²) in [6, 6.07) is 4.84. The number of hydrogen-bond donors (Lipinski definition) is 1. The molecule has 2 rings (SSSR count). The first kappa shape index (κ1) is 22.6. The van der Waals surface area contributed by atoms with E-state index in [9.17, 15) is 13.2 Å². The van der Waals surface area contributed by atoms with Crippen molar-refractivity contribution in [3.63, 3.8) is 0 Å². The Labute approximate surface area is 168 Å². The molecule has 1 atom stereocenters. The molecule has 1 amide bonds. The molecule has 1 aliphatic rings. The van der Waals surface area contributed by atoms with Crippen molar-refractivity contribution in [1.82, 2.24) is 9.62 Å². The molecule has 0 saturated carbocycles. The van der Waals surface area contributed by atoms with Crippen LogP contribution in [0.2, 0.25) is 0 Å². The Balaban J connectivity index is 1.96. The first-order valence-electron chi connectivity index (χ1n) is 9.79. The Bertz CT molecular complexity index is 764. The number of methoxy groups -OCH3 is 1. The monoisotopic (exact) mass is 412 g/mol. The average molecular weight is 413 g/mol. The predicted molar refractivity (Wildman–Crippen MR) is 108 cm³/mol. The molecule has 1 saturated heterocycles. The summed E-state index contributed by atoms with van der Waals surface area (Å²) in [4.78, 5) is 12.7. The van der Waals surface area contributed by atoms with Gasteiger partial charge >= 0.3 is 0 Å². The summed E-state index contributed by atoms with van der Waals surface area (Å²) in [5.74, 6) is 0.237. The van der Waals surface area contributed by atoms with Crippen molar-refractivity contribution in [3.8, 4) is 5.75 Å². The van der Waals surface area contributed by atoms with Crippen LogP contribution in [-0.2, 0) is 19.6 Å². The molecule has 1 N–H and O–H groups in total. The van der Waals surface area contributed by atoms with Gasteiger partial charge in [-0.2, -0.15) is 4.31 Å². The van der Waals surface area contributed by atoms with Crippen LogP contribution < -0.4 is 10.1 Å². The maximum absolute atomic E-state index is 13.0. The molecule has 1 fully saturated rings. The zero-order valence-electron chi connectivity index (χ0n) is 17.2. The van der Waals surface area contributed by atoms with E-state index >= 15 is 0 Å². The number of ether oxygens (including phenoxy) is 2. The summed E-state index contributed by atoms with van der Waals surface area (Å²) in [5, 5.41) is 2.91. The first-order chi connectivity index (χ1) is 13.3. The van der Waals surface area contributed by atoms with Gasteiger partial charge in [-0.3, -0.25) is 4.79 Å². The number of amides is 1. The molecule has 158 valence electrons. The van der Waals surface area contributed by atoms with Gasteiger partial charge in [-0.15, -0.1) is 0 Å². The molecule has 1 unspecified atom stereocenters. The molecule has 7 nitrogen and oxygen atoms in total. The highest BCUT2D eigenvalue weighted by Crippen LogP contribution is 2.27. The minimum Gasteiger partial charge on any atom is -0.496 e. The lowest BCUT2D eigenvalue weighted by atomic mass is 9.99. The Morgan fingerprint density at radius 3 is 2.75 bits per heavy atom. The number of nitrogens with one attached hydrogen (secondary N) is 1. The third kappa shape index (κ3) is 5.93. The zero-order valence-corrected chi connectivity index (χ0v) is 18.0. The number of nitrogens with zero attached hydrogens (tertiary/aromatic N) is 1. The van der Waals surface area contributed by atoms with Gasteiger partial charge in [-0.1, -0.05) is 0 Å². The van der Waals surface area contributed by atoms with Crippen LogP contribution in [0.15, 0.2) is 23.1 Å². The molecule has 0 aromatic heterocycles. The lowest BCUT2D eigenvalue weighted by molar-refractivity contribution is -0.126.